The highest BCUT2D eigenvalue weighted by Crippen LogP contribution is 2.34. The van der Waals surface area contributed by atoms with Crippen LogP contribution in [0.25, 0.3) is 21.9 Å². The first-order valence-electron chi connectivity index (χ1n) is 11.3. The van der Waals surface area contributed by atoms with E-state index in [2.05, 4.69) is 30.5 Å². The Kier molecular flexibility index (Phi) is 6.73. The van der Waals surface area contributed by atoms with E-state index in [0.717, 1.165) is 30.6 Å². The van der Waals surface area contributed by atoms with Crippen LogP contribution < -0.4 is 20.3 Å². The lowest BCUT2D eigenvalue weighted by molar-refractivity contribution is 0.102. The minimum absolute atomic E-state index is 0.00935. The third-order valence-corrected chi connectivity index (χ3v) is 6.53. The number of amides is 1. The molecule has 4 aromatic heterocycles. The lowest BCUT2D eigenvalue weighted by atomic mass is 10.1. The fourth-order valence-corrected chi connectivity index (χ4v) is 4.71. The number of aliphatic hydroxyl groups is 1. The summed E-state index contributed by atoms with van der Waals surface area (Å²) in [5, 5.41) is 15.8. The fraction of sp³-hybridized carbons (Fsp3) is 0.348. The van der Waals surface area contributed by atoms with Gasteiger partial charge in [-0.3, -0.25) is 4.79 Å². The number of carbonyl (C=O) groups excluding carboxylic acids is 1. The van der Waals surface area contributed by atoms with Crippen molar-refractivity contribution in [1.29, 1.82) is 0 Å². The lowest BCUT2D eigenvalue weighted by Gasteiger charge is -2.29. The molecule has 1 fully saturated rings. The minimum Gasteiger partial charge on any atom is -0.495 e. The van der Waals surface area contributed by atoms with Crippen LogP contribution in [-0.2, 0) is 0 Å². The van der Waals surface area contributed by atoms with Gasteiger partial charge in [0.25, 0.3) is 5.91 Å². The van der Waals surface area contributed by atoms with E-state index in [9.17, 15) is 4.79 Å². The first kappa shape index (κ1) is 23.0. The van der Waals surface area contributed by atoms with Gasteiger partial charge < -0.3 is 29.8 Å². The molecule has 4 aromatic rings. The molecule has 0 unspecified atom stereocenters. The Morgan fingerprint density at radius 1 is 1.23 bits per heavy atom. The molecule has 0 bridgehead atoms. The van der Waals surface area contributed by atoms with Crippen molar-refractivity contribution in [3.8, 4) is 17.3 Å². The maximum absolute atomic E-state index is 13.1. The van der Waals surface area contributed by atoms with Crippen LogP contribution in [0.3, 0.4) is 0 Å². The molecule has 0 aromatic carbocycles. The molecule has 5 heterocycles. The van der Waals surface area contributed by atoms with Crippen molar-refractivity contribution in [3.05, 3.63) is 36.4 Å². The maximum Gasteiger partial charge on any atom is 0.277 e. The molecule has 1 amide bonds. The van der Waals surface area contributed by atoms with Crippen molar-refractivity contribution in [1.82, 2.24) is 19.9 Å². The number of nitrogens with one attached hydrogen (secondary N) is 2. The molecule has 0 saturated carbocycles. The molecule has 0 atom stereocenters. The van der Waals surface area contributed by atoms with Crippen LogP contribution in [0.5, 0.6) is 5.75 Å². The van der Waals surface area contributed by atoms with Gasteiger partial charge in [-0.05, 0) is 37.5 Å². The second-order valence-electron chi connectivity index (χ2n) is 7.97. The summed E-state index contributed by atoms with van der Waals surface area (Å²) in [6.07, 6.45) is 6.17. The van der Waals surface area contributed by atoms with Gasteiger partial charge in [-0.15, -0.1) is 0 Å². The van der Waals surface area contributed by atoms with Gasteiger partial charge in [0.05, 0.1) is 30.3 Å². The largest absolute Gasteiger partial charge is 0.495 e. The van der Waals surface area contributed by atoms with Gasteiger partial charge >= 0.3 is 0 Å². The smallest absolute Gasteiger partial charge is 0.277 e. The Hall–Kier alpha value is -3.77. The van der Waals surface area contributed by atoms with Crippen LogP contribution in [0.15, 0.2) is 35.1 Å². The number of ether oxygens (including phenoxy) is 1. The van der Waals surface area contributed by atoms with E-state index in [1.165, 1.54) is 24.0 Å². The maximum atomic E-state index is 13.1. The quantitative estimate of drug-likeness (QED) is 0.333. The molecule has 1 saturated heterocycles. The number of thiazole rings is 1. The lowest BCUT2D eigenvalue weighted by Crippen LogP contribution is -2.31. The van der Waals surface area contributed by atoms with Gasteiger partial charge in [-0.25, -0.2) is 19.9 Å². The van der Waals surface area contributed by atoms with Gasteiger partial charge in [0.15, 0.2) is 22.3 Å². The van der Waals surface area contributed by atoms with Crippen molar-refractivity contribution >= 4 is 44.2 Å². The average Bonchev–Trinajstić information content (AvgIpc) is 3.55. The Morgan fingerprint density at radius 3 is 2.83 bits per heavy atom. The number of methoxy groups -OCH3 is 1. The molecule has 11 nitrogen and oxygen atoms in total. The summed E-state index contributed by atoms with van der Waals surface area (Å²) in [6, 6.07) is 5.35. The molecule has 0 spiro atoms. The summed E-state index contributed by atoms with van der Waals surface area (Å²) in [5.41, 5.74) is 1.82. The number of rotatable bonds is 8. The highest BCUT2D eigenvalue weighted by Gasteiger charge is 2.22. The van der Waals surface area contributed by atoms with Gasteiger partial charge in [0.1, 0.15) is 17.7 Å². The molecule has 1 aliphatic heterocycles. The molecule has 1 aliphatic rings. The Labute approximate surface area is 205 Å². The summed E-state index contributed by atoms with van der Waals surface area (Å²) in [6.45, 7) is 2.13. The zero-order chi connectivity index (χ0) is 24.2. The number of anilines is 3. The van der Waals surface area contributed by atoms with Gasteiger partial charge in [0, 0.05) is 19.6 Å². The van der Waals surface area contributed by atoms with Crippen molar-refractivity contribution in [2.45, 2.75) is 19.3 Å². The Balaban J connectivity index is 1.42. The SMILES string of the molecule is COc1ccc(-c2nc(C(=O)Nc3cc4sc(NCCO)nc4nc3N3CCCCC3)co2)nc1. The normalized spacial score (nSPS) is 13.7. The van der Waals surface area contributed by atoms with Crippen LogP contribution in [0.1, 0.15) is 29.8 Å². The summed E-state index contributed by atoms with van der Waals surface area (Å²) < 4.78 is 11.4. The minimum atomic E-state index is -0.406. The van der Waals surface area contributed by atoms with E-state index in [0.29, 0.717) is 40.3 Å². The monoisotopic (exact) mass is 495 g/mol. The molecule has 0 radical (unpaired) electrons. The predicted octanol–water partition coefficient (Wildman–Crippen LogP) is 3.40. The number of aliphatic hydroxyl groups excluding tert-OH is 1. The zero-order valence-electron chi connectivity index (χ0n) is 19.2. The first-order chi connectivity index (χ1) is 17.1. The number of piperidine rings is 1. The molecule has 12 heteroatoms. The number of oxazole rings is 1. The summed E-state index contributed by atoms with van der Waals surface area (Å²) in [7, 11) is 1.56. The number of nitrogens with zero attached hydrogens (tertiary/aromatic N) is 5. The highest BCUT2D eigenvalue weighted by molar-refractivity contribution is 7.22. The van der Waals surface area contributed by atoms with Crippen molar-refractivity contribution in [2.75, 3.05) is 48.9 Å². The number of pyridine rings is 2. The third-order valence-electron chi connectivity index (χ3n) is 5.58. The molecular weight excluding hydrogens is 470 g/mol. The number of fused-ring (bicyclic) bond motifs is 1. The highest BCUT2D eigenvalue weighted by atomic mass is 32.1. The van der Waals surface area contributed by atoms with E-state index in [4.69, 9.17) is 19.2 Å². The van der Waals surface area contributed by atoms with E-state index in [1.807, 2.05) is 6.07 Å². The van der Waals surface area contributed by atoms with Crippen LogP contribution in [0, 0.1) is 0 Å². The van der Waals surface area contributed by atoms with E-state index >= 15 is 0 Å². The van der Waals surface area contributed by atoms with Crippen LogP contribution >= 0.6 is 11.3 Å². The summed E-state index contributed by atoms with van der Waals surface area (Å²) >= 11 is 1.42. The topological polar surface area (TPSA) is 139 Å². The molecule has 0 aliphatic carbocycles. The number of aromatic nitrogens is 4. The van der Waals surface area contributed by atoms with Crippen molar-refractivity contribution in [3.63, 3.8) is 0 Å². The van der Waals surface area contributed by atoms with Crippen molar-refractivity contribution < 1.29 is 19.1 Å². The zero-order valence-corrected chi connectivity index (χ0v) is 20.0. The second-order valence-corrected chi connectivity index (χ2v) is 9.00. The van der Waals surface area contributed by atoms with E-state index in [1.54, 1.807) is 25.4 Å². The molecule has 3 N–H and O–H groups in total. The predicted molar refractivity (Wildman–Crippen MR) is 133 cm³/mol. The van der Waals surface area contributed by atoms with Crippen LogP contribution in [0.4, 0.5) is 16.6 Å². The number of hydrogen-bond donors (Lipinski definition) is 3. The Morgan fingerprint density at radius 2 is 2.09 bits per heavy atom. The molecule has 35 heavy (non-hydrogen) atoms. The second kappa shape index (κ2) is 10.2. The number of carbonyl (C=O) groups is 1. The van der Waals surface area contributed by atoms with Crippen molar-refractivity contribution in [2.24, 2.45) is 0 Å². The summed E-state index contributed by atoms with van der Waals surface area (Å²) in [4.78, 5) is 33.2. The Bertz CT molecular complexity index is 1320. The van der Waals surface area contributed by atoms with Crippen LogP contribution in [-0.4, -0.2) is 64.3 Å². The first-order valence-corrected chi connectivity index (χ1v) is 12.1. The van der Waals surface area contributed by atoms with E-state index in [-0.39, 0.29) is 18.2 Å². The molecule has 182 valence electrons. The third kappa shape index (κ3) is 5.03. The molecular formula is C23H25N7O4S. The average molecular weight is 496 g/mol. The van der Waals surface area contributed by atoms with Gasteiger partial charge in [-0.1, -0.05) is 11.3 Å². The van der Waals surface area contributed by atoms with Gasteiger partial charge in [0.2, 0.25) is 5.89 Å². The fourth-order valence-electron chi connectivity index (χ4n) is 3.84. The standard InChI is InChI=1S/C23H25N7O4S/c1-33-14-5-6-15(25-12-14)22-27-17(13-34-22)21(32)26-16-11-18-19(29-23(35-18)24-7-10-31)28-20(16)30-8-3-2-4-9-30/h5-6,11-13,31H,2-4,7-10H2,1H3,(H,26,32)(H,24,28,29). The molecule has 5 rings (SSSR count). The van der Waals surface area contributed by atoms with Crippen LogP contribution in [0.2, 0.25) is 0 Å². The van der Waals surface area contributed by atoms with E-state index < -0.39 is 5.91 Å². The summed E-state index contributed by atoms with van der Waals surface area (Å²) in [5.74, 6) is 1.13. The number of hydrogen-bond acceptors (Lipinski definition) is 11. The van der Waals surface area contributed by atoms with Gasteiger partial charge in [-0.2, -0.15) is 0 Å².